The van der Waals surface area contributed by atoms with E-state index in [-0.39, 0.29) is 6.61 Å². The Morgan fingerprint density at radius 3 is 1.91 bits per heavy atom. The lowest BCUT2D eigenvalue weighted by atomic mass is 9.88. The van der Waals surface area contributed by atoms with Crippen molar-refractivity contribution < 1.29 is 15.3 Å². The molecule has 0 rings (SSSR count). The van der Waals surface area contributed by atoms with Gasteiger partial charge in [0.2, 0.25) is 0 Å². The first-order chi connectivity index (χ1) is 4.81. The molecule has 0 fully saturated rings. The average Bonchev–Trinajstić information content (AvgIpc) is 1.81. The van der Waals surface area contributed by atoms with Crippen LogP contribution in [0.5, 0.6) is 0 Å². The predicted octanol–water partition coefficient (Wildman–Crippen LogP) is -0.496. The first-order valence-electron chi connectivity index (χ1n) is 3.37. The summed E-state index contributed by atoms with van der Waals surface area (Å²) >= 11 is 0. The van der Waals surface area contributed by atoms with E-state index in [1.54, 1.807) is 0 Å². The van der Waals surface area contributed by atoms with E-state index < -0.39 is 11.2 Å². The number of hydrogen-bond acceptors (Lipinski definition) is 3. The summed E-state index contributed by atoms with van der Waals surface area (Å²) in [6.45, 7) is 4.00. The SMILES string of the molecule is CC(C)(O)C(C)(O)C#CCO. The Hall–Kier alpha value is -0.560. The summed E-state index contributed by atoms with van der Waals surface area (Å²) in [5, 5.41) is 27.1. The van der Waals surface area contributed by atoms with E-state index >= 15 is 0 Å². The molecule has 0 aromatic heterocycles. The highest BCUT2D eigenvalue weighted by molar-refractivity contribution is 5.17. The van der Waals surface area contributed by atoms with Gasteiger partial charge in [-0.05, 0) is 20.8 Å². The normalized spacial score (nSPS) is 16.5. The molecule has 0 aromatic rings. The van der Waals surface area contributed by atoms with Crippen molar-refractivity contribution in [1.82, 2.24) is 0 Å². The van der Waals surface area contributed by atoms with Crippen LogP contribution >= 0.6 is 0 Å². The van der Waals surface area contributed by atoms with Crippen LogP contribution in [0.25, 0.3) is 0 Å². The zero-order valence-electron chi connectivity index (χ0n) is 7.05. The highest BCUT2D eigenvalue weighted by Gasteiger charge is 2.35. The number of aliphatic hydroxyl groups excluding tert-OH is 1. The molecule has 64 valence electrons. The smallest absolute Gasteiger partial charge is 0.150 e. The molecule has 0 amide bonds. The summed E-state index contributed by atoms with van der Waals surface area (Å²) < 4.78 is 0. The Morgan fingerprint density at radius 1 is 1.18 bits per heavy atom. The third kappa shape index (κ3) is 2.89. The fraction of sp³-hybridized carbons (Fsp3) is 0.750. The molecular weight excluding hydrogens is 144 g/mol. The summed E-state index contributed by atoms with van der Waals surface area (Å²) in [7, 11) is 0. The van der Waals surface area contributed by atoms with Crippen molar-refractivity contribution in [1.29, 1.82) is 0 Å². The molecule has 3 nitrogen and oxygen atoms in total. The second-order valence-corrected chi connectivity index (χ2v) is 3.09. The molecule has 0 spiro atoms. The summed E-state index contributed by atoms with van der Waals surface area (Å²) in [6, 6.07) is 0. The van der Waals surface area contributed by atoms with E-state index in [0.717, 1.165) is 0 Å². The quantitative estimate of drug-likeness (QED) is 0.451. The molecule has 3 heteroatoms. The van der Waals surface area contributed by atoms with Crippen molar-refractivity contribution in [3.63, 3.8) is 0 Å². The predicted molar refractivity (Wildman–Crippen MR) is 41.8 cm³/mol. The van der Waals surface area contributed by atoms with Crippen molar-refractivity contribution >= 4 is 0 Å². The molecule has 0 saturated heterocycles. The monoisotopic (exact) mass is 158 g/mol. The third-order valence-electron chi connectivity index (χ3n) is 1.60. The minimum Gasteiger partial charge on any atom is -0.386 e. The maximum absolute atomic E-state index is 9.45. The van der Waals surface area contributed by atoms with Crippen LogP contribution in [-0.2, 0) is 0 Å². The van der Waals surface area contributed by atoms with E-state index in [1.165, 1.54) is 20.8 Å². The Labute approximate surface area is 66.7 Å². The first kappa shape index (κ1) is 10.4. The van der Waals surface area contributed by atoms with Crippen LogP contribution < -0.4 is 0 Å². The first-order valence-corrected chi connectivity index (χ1v) is 3.37. The molecule has 0 aromatic carbocycles. The van der Waals surface area contributed by atoms with Gasteiger partial charge in [-0.15, -0.1) is 0 Å². The molecule has 0 aliphatic rings. The van der Waals surface area contributed by atoms with E-state index in [1.807, 2.05) is 0 Å². The van der Waals surface area contributed by atoms with Gasteiger partial charge in [-0.2, -0.15) is 0 Å². The molecule has 0 aliphatic heterocycles. The van der Waals surface area contributed by atoms with Gasteiger partial charge in [-0.25, -0.2) is 0 Å². The molecule has 3 N–H and O–H groups in total. The van der Waals surface area contributed by atoms with Gasteiger partial charge < -0.3 is 15.3 Å². The minimum absolute atomic E-state index is 0.313. The second-order valence-electron chi connectivity index (χ2n) is 3.09. The highest BCUT2D eigenvalue weighted by atomic mass is 16.3. The summed E-state index contributed by atoms with van der Waals surface area (Å²) in [5.41, 5.74) is -2.76. The van der Waals surface area contributed by atoms with Crippen LogP contribution in [-0.4, -0.2) is 33.1 Å². The standard InChI is InChI=1S/C8H14O3/c1-7(2,10)8(3,11)5-4-6-9/h9-11H,6H2,1-3H3. The van der Waals surface area contributed by atoms with Crippen LogP contribution in [0.2, 0.25) is 0 Å². The van der Waals surface area contributed by atoms with Gasteiger partial charge in [-0.1, -0.05) is 11.8 Å². The van der Waals surface area contributed by atoms with Gasteiger partial charge in [0, 0.05) is 0 Å². The molecule has 0 aliphatic carbocycles. The Bertz CT molecular complexity index is 178. The molecular formula is C8H14O3. The van der Waals surface area contributed by atoms with Crippen molar-refractivity contribution in [2.75, 3.05) is 6.61 Å². The highest BCUT2D eigenvalue weighted by Crippen LogP contribution is 2.19. The third-order valence-corrected chi connectivity index (χ3v) is 1.60. The topological polar surface area (TPSA) is 60.7 Å². The van der Waals surface area contributed by atoms with Gasteiger partial charge in [0.15, 0.2) is 5.60 Å². The molecule has 0 radical (unpaired) electrons. The van der Waals surface area contributed by atoms with Gasteiger partial charge in [0.05, 0.1) is 5.60 Å². The fourth-order valence-electron chi connectivity index (χ4n) is 0.365. The molecule has 0 bridgehead atoms. The number of hydrogen-bond donors (Lipinski definition) is 3. The number of rotatable bonds is 1. The van der Waals surface area contributed by atoms with Crippen LogP contribution in [0.1, 0.15) is 20.8 Å². The maximum atomic E-state index is 9.45. The lowest BCUT2D eigenvalue weighted by molar-refractivity contribution is -0.0821. The average molecular weight is 158 g/mol. The Kier molecular flexibility index (Phi) is 3.06. The van der Waals surface area contributed by atoms with E-state index in [2.05, 4.69) is 11.8 Å². The Morgan fingerprint density at radius 2 is 1.64 bits per heavy atom. The fourth-order valence-corrected chi connectivity index (χ4v) is 0.365. The van der Waals surface area contributed by atoms with Crippen molar-refractivity contribution in [2.45, 2.75) is 32.0 Å². The van der Waals surface area contributed by atoms with Crippen molar-refractivity contribution in [2.24, 2.45) is 0 Å². The molecule has 11 heavy (non-hydrogen) atoms. The minimum atomic E-state index is -1.48. The van der Waals surface area contributed by atoms with E-state index in [4.69, 9.17) is 5.11 Å². The van der Waals surface area contributed by atoms with E-state index in [9.17, 15) is 10.2 Å². The summed E-state index contributed by atoms with van der Waals surface area (Å²) in [5.74, 6) is 4.64. The van der Waals surface area contributed by atoms with Gasteiger partial charge in [-0.3, -0.25) is 0 Å². The van der Waals surface area contributed by atoms with Gasteiger partial charge in [0.25, 0.3) is 0 Å². The van der Waals surface area contributed by atoms with Crippen LogP contribution in [0.15, 0.2) is 0 Å². The lowest BCUT2D eigenvalue weighted by Gasteiger charge is -2.30. The van der Waals surface area contributed by atoms with E-state index in [0.29, 0.717) is 0 Å². The Balaban J connectivity index is 4.47. The maximum Gasteiger partial charge on any atom is 0.150 e. The van der Waals surface area contributed by atoms with Gasteiger partial charge >= 0.3 is 0 Å². The second kappa shape index (κ2) is 3.22. The van der Waals surface area contributed by atoms with Crippen LogP contribution in [0.4, 0.5) is 0 Å². The molecule has 0 saturated carbocycles. The molecule has 1 unspecified atom stereocenters. The summed E-state index contributed by atoms with van der Waals surface area (Å²) in [4.78, 5) is 0. The molecule has 0 heterocycles. The van der Waals surface area contributed by atoms with Gasteiger partial charge in [0.1, 0.15) is 6.61 Å². The van der Waals surface area contributed by atoms with Crippen LogP contribution in [0, 0.1) is 11.8 Å². The largest absolute Gasteiger partial charge is 0.386 e. The molecule has 1 atom stereocenters. The van der Waals surface area contributed by atoms with Crippen LogP contribution in [0.3, 0.4) is 0 Å². The summed E-state index contributed by atoms with van der Waals surface area (Å²) in [6.07, 6.45) is 0. The zero-order valence-corrected chi connectivity index (χ0v) is 7.05. The lowest BCUT2D eigenvalue weighted by Crippen LogP contribution is -2.46. The zero-order chi connectivity index (χ0) is 9.12. The number of aliphatic hydroxyl groups is 3. The van der Waals surface area contributed by atoms with Crippen molar-refractivity contribution in [3.8, 4) is 11.8 Å². The van der Waals surface area contributed by atoms with Crippen molar-refractivity contribution in [3.05, 3.63) is 0 Å².